The number of rotatable bonds is 0. The van der Waals surface area contributed by atoms with Crippen LogP contribution in [0.1, 0.15) is 41.5 Å². The first kappa shape index (κ1) is 11.6. The molecule has 80 valence electrons. The summed E-state index contributed by atoms with van der Waals surface area (Å²) >= 11 is 0. The number of allylic oxidation sites excluding steroid dienone is 4. The zero-order valence-corrected chi connectivity index (χ0v) is 10.5. The number of hydrogen-bond donors (Lipinski definition) is 0. The van der Waals surface area contributed by atoms with Crippen LogP contribution in [0.25, 0.3) is 0 Å². The lowest BCUT2D eigenvalue weighted by molar-refractivity contribution is 0.311. The summed E-state index contributed by atoms with van der Waals surface area (Å²) in [6.07, 6.45) is 9.48. The zero-order chi connectivity index (χ0) is 11.0. The summed E-state index contributed by atoms with van der Waals surface area (Å²) in [6.45, 7) is 13.8. The van der Waals surface area contributed by atoms with E-state index in [-0.39, 0.29) is 0 Å². The molecule has 1 aliphatic carbocycles. The van der Waals surface area contributed by atoms with Gasteiger partial charge in [0.15, 0.2) is 0 Å². The molecule has 1 aliphatic rings. The van der Waals surface area contributed by atoms with Gasteiger partial charge in [-0.3, -0.25) is 0 Å². The highest BCUT2D eigenvalue weighted by molar-refractivity contribution is 5.17. The van der Waals surface area contributed by atoms with Crippen LogP contribution in [0.4, 0.5) is 0 Å². The zero-order valence-electron chi connectivity index (χ0n) is 10.5. The van der Waals surface area contributed by atoms with Gasteiger partial charge >= 0.3 is 0 Å². The van der Waals surface area contributed by atoms with Crippen molar-refractivity contribution in [1.82, 2.24) is 0 Å². The minimum atomic E-state index is 0.357. The van der Waals surface area contributed by atoms with Crippen molar-refractivity contribution in [3.05, 3.63) is 24.3 Å². The molecule has 14 heavy (non-hydrogen) atoms. The fourth-order valence-corrected chi connectivity index (χ4v) is 1.76. The van der Waals surface area contributed by atoms with Crippen molar-refractivity contribution in [1.29, 1.82) is 0 Å². The molecule has 0 amide bonds. The van der Waals surface area contributed by atoms with Gasteiger partial charge in [-0.2, -0.15) is 0 Å². The highest BCUT2D eigenvalue weighted by Crippen LogP contribution is 2.36. The normalized spacial score (nSPS) is 28.1. The third-order valence-corrected chi connectivity index (χ3v) is 3.05. The van der Waals surface area contributed by atoms with Crippen LogP contribution < -0.4 is 0 Å². The van der Waals surface area contributed by atoms with E-state index in [4.69, 9.17) is 0 Å². The summed E-state index contributed by atoms with van der Waals surface area (Å²) in [4.78, 5) is 0. The first-order valence-electron chi connectivity index (χ1n) is 5.58. The summed E-state index contributed by atoms with van der Waals surface area (Å²) in [7, 11) is 0. The molecule has 0 spiro atoms. The molecule has 0 aliphatic heterocycles. The van der Waals surface area contributed by atoms with Gasteiger partial charge < -0.3 is 0 Å². The monoisotopic (exact) mass is 192 g/mol. The Morgan fingerprint density at radius 3 is 0.929 bits per heavy atom. The van der Waals surface area contributed by atoms with Crippen molar-refractivity contribution >= 4 is 0 Å². The van der Waals surface area contributed by atoms with Gasteiger partial charge in [0.25, 0.3) is 0 Å². The van der Waals surface area contributed by atoms with E-state index in [1.807, 2.05) is 0 Å². The Morgan fingerprint density at radius 2 is 0.786 bits per heavy atom. The van der Waals surface area contributed by atoms with Crippen molar-refractivity contribution in [2.45, 2.75) is 41.5 Å². The SMILES string of the molecule is CC(C)(C)C1C=CC(C(C)(C)C)C=C1. The van der Waals surface area contributed by atoms with Crippen LogP contribution >= 0.6 is 0 Å². The van der Waals surface area contributed by atoms with Crippen LogP contribution in [-0.2, 0) is 0 Å². The molecule has 0 N–H and O–H groups in total. The van der Waals surface area contributed by atoms with Crippen LogP contribution in [0.3, 0.4) is 0 Å². The van der Waals surface area contributed by atoms with Gasteiger partial charge in [-0.25, -0.2) is 0 Å². The van der Waals surface area contributed by atoms with Gasteiger partial charge in [-0.1, -0.05) is 65.8 Å². The van der Waals surface area contributed by atoms with Crippen molar-refractivity contribution < 1.29 is 0 Å². The Morgan fingerprint density at radius 1 is 0.571 bits per heavy atom. The van der Waals surface area contributed by atoms with Crippen molar-refractivity contribution in [3.8, 4) is 0 Å². The molecule has 0 heteroatoms. The van der Waals surface area contributed by atoms with Gasteiger partial charge in [0.2, 0.25) is 0 Å². The fourth-order valence-electron chi connectivity index (χ4n) is 1.76. The quantitative estimate of drug-likeness (QED) is 0.498. The standard InChI is InChI=1S/C14H24/c1-13(2,3)11-7-9-12(10-8-11)14(4,5)6/h7-12H,1-6H3. The van der Waals surface area contributed by atoms with E-state index in [0.717, 1.165) is 0 Å². The summed E-state index contributed by atoms with van der Waals surface area (Å²) < 4.78 is 0. The molecule has 0 aromatic carbocycles. The Labute approximate surface area is 89.1 Å². The Bertz CT molecular complexity index is 202. The van der Waals surface area contributed by atoms with Gasteiger partial charge in [0.1, 0.15) is 0 Å². The highest BCUT2D eigenvalue weighted by atomic mass is 14.3. The molecule has 0 heterocycles. The molecule has 0 aromatic heterocycles. The van der Waals surface area contributed by atoms with Crippen molar-refractivity contribution in [3.63, 3.8) is 0 Å². The van der Waals surface area contributed by atoms with Gasteiger partial charge in [0, 0.05) is 0 Å². The maximum Gasteiger partial charge on any atom is -0.000444 e. The summed E-state index contributed by atoms with van der Waals surface area (Å²) in [5, 5.41) is 0. The lowest BCUT2D eigenvalue weighted by Crippen LogP contribution is -2.23. The minimum absolute atomic E-state index is 0.357. The van der Waals surface area contributed by atoms with E-state index >= 15 is 0 Å². The summed E-state index contributed by atoms with van der Waals surface area (Å²) in [5.41, 5.74) is 0.714. The predicted molar refractivity (Wildman–Crippen MR) is 64.2 cm³/mol. The molecule has 0 fully saturated rings. The van der Waals surface area contributed by atoms with Gasteiger partial charge in [-0.05, 0) is 22.7 Å². The van der Waals surface area contributed by atoms with Crippen molar-refractivity contribution in [2.75, 3.05) is 0 Å². The third-order valence-electron chi connectivity index (χ3n) is 3.05. The first-order chi connectivity index (χ1) is 6.21. The average Bonchev–Trinajstić information content (AvgIpc) is 2.01. The molecule has 0 saturated heterocycles. The van der Waals surface area contributed by atoms with Crippen LogP contribution in [0.5, 0.6) is 0 Å². The summed E-state index contributed by atoms with van der Waals surface area (Å²) in [6, 6.07) is 0. The van der Waals surface area contributed by atoms with Gasteiger partial charge in [0.05, 0.1) is 0 Å². The smallest absolute Gasteiger partial charge is 0.000444 e. The Balaban J connectivity index is 2.72. The molecule has 0 aromatic rings. The van der Waals surface area contributed by atoms with E-state index in [2.05, 4.69) is 65.8 Å². The third kappa shape index (κ3) is 2.73. The van der Waals surface area contributed by atoms with E-state index < -0.39 is 0 Å². The van der Waals surface area contributed by atoms with Crippen LogP contribution in [0.15, 0.2) is 24.3 Å². The average molecular weight is 192 g/mol. The molecule has 0 atom stereocenters. The van der Waals surface area contributed by atoms with Gasteiger partial charge in [-0.15, -0.1) is 0 Å². The topological polar surface area (TPSA) is 0 Å². The predicted octanol–water partition coefficient (Wildman–Crippen LogP) is 4.44. The summed E-state index contributed by atoms with van der Waals surface area (Å²) in [5.74, 6) is 1.20. The van der Waals surface area contributed by atoms with Crippen LogP contribution in [-0.4, -0.2) is 0 Å². The molecule has 0 radical (unpaired) electrons. The molecular weight excluding hydrogens is 168 g/mol. The second kappa shape index (κ2) is 3.56. The Kier molecular flexibility index (Phi) is 2.94. The molecule has 0 nitrogen and oxygen atoms in total. The second-order valence-corrected chi connectivity index (χ2v) is 6.55. The van der Waals surface area contributed by atoms with E-state index in [0.29, 0.717) is 22.7 Å². The largest absolute Gasteiger partial charge is 0.0805 e. The van der Waals surface area contributed by atoms with E-state index in [9.17, 15) is 0 Å². The van der Waals surface area contributed by atoms with Crippen molar-refractivity contribution in [2.24, 2.45) is 22.7 Å². The lowest BCUT2D eigenvalue weighted by Gasteiger charge is -2.32. The molecule has 0 saturated carbocycles. The maximum absolute atomic E-state index is 2.37. The first-order valence-corrected chi connectivity index (χ1v) is 5.58. The number of hydrogen-bond acceptors (Lipinski definition) is 0. The molecule has 0 bridgehead atoms. The Hall–Kier alpha value is -0.520. The lowest BCUT2D eigenvalue weighted by atomic mass is 9.72. The fraction of sp³-hybridized carbons (Fsp3) is 0.714. The molecular formula is C14H24. The molecule has 1 rings (SSSR count). The minimum Gasteiger partial charge on any atom is -0.0805 e. The van der Waals surface area contributed by atoms with Crippen LogP contribution in [0, 0.1) is 22.7 Å². The van der Waals surface area contributed by atoms with Crippen LogP contribution in [0.2, 0.25) is 0 Å². The highest BCUT2D eigenvalue weighted by Gasteiger charge is 2.26. The second-order valence-electron chi connectivity index (χ2n) is 6.55. The van der Waals surface area contributed by atoms with E-state index in [1.165, 1.54) is 0 Å². The maximum atomic E-state index is 2.37. The molecule has 0 unspecified atom stereocenters. The van der Waals surface area contributed by atoms with E-state index in [1.54, 1.807) is 0 Å².